The minimum Gasteiger partial charge on any atom is -0.497 e. The molecule has 142 valence electrons. The normalized spacial score (nSPS) is 15.5. The molecule has 1 aliphatic heterocycles. The molecule has 28 heavy (non-hydrogen) atoms. The van der Waals surface area contributed by atoms with Crippen molar-refractivity contribution in [2.75, 3.05) is 19.5 Å². The standard InChI is InChI=1S/C22H19NO4S/c1-26-16-9-7-14(8-10-16)18-12-28-21-17(11-19(24)23-20(18)21)13-3-5-15(6-4-13)22(25)27-2/h3-10,12,17H,11H2,1-2H3,(H,23,24). The van der Waals surface area contributed by atoms with Gasteiger partial charge in [0.15, 0.2) is 0 Å². The van der Waals surface area contributed by atoms with Gasteiger partial charge in [0.2, 0.25) is 5.91 Å². The van der Waals surface area contributed by atoms with Crippen molar-refractivity contribution in [3.8, 4) is 16.9 Å². The maximum atomic E-state index is 12.4. The lowest BCUT2D eigenvalue weighted by atomic mass is 9.88. The van der Waals surface area contributed by atoms with Crippen LogP contribution in [0.1, 0.15) is 33.1 Å². The smallest absolute Gasteiger partial charge is 0.337 e. The third-order valence-electron chi connectivity index (χ3n) is 4.93. The Morgan fingerprint density at radius 2 is 1.79 bits per heavy atom. The van der Waals surface area contributed by atoms with Gasteiger partial charge in [-0.25, -0.2) is 4.79 Å². The monoisotopic (exact) mass is 393 g/mol. The molecule has 3 aromatic rings. The second kappa shape index (κ2) is 7.48. The van der Waals surface area contributed by atoms with Crippen LogP contribution in [-0.4, -0.2) is 26.1 Å². The maximum Gasteiger partial charge on any atom is 0.337 e. The van der Waals surface area contributed by atoms with E-state index in [-0.39, 0.29) is 17.8 Å². The third-order valence-corrected chi connectivity index (χ3v) is 6.02. The van der Waals surface area contributed by atoms with Crippen LogP contribution in [0.3, 0.4) is 0 Å². The lowest BCUT2D eigenvalue weighted by molar-refractivity contribution is -0.116. The summed E-state index contributed by atoms with van der Waals surface area (Å²) in [5, 5.41) is 5.12. The lowest BCUT2D eigenvalue weighted by Crippen LogP contribution is -2.22. The molecule has 1 amide bonds. The van der Waals surface area contributed by atoms with Gasteiger partial charge in [-0.1, -0.05) is 24.3 Å². The Balaban J connectivity index is 1.71. The Labute approximate surface area is 166 Å². The topological polar surface area (TPSA) is 64.6 Å². The number of amides is 1. The van der Waals surface area contributed by atoms with Crippen molar-refractivity contribution >= 4 is 28.9 Å². The number of hydrogen-bond acceptors (Lipinski definition) is 5. The highest BCUT2D eigenvalue weighted by molar-refractivity contribution is 7.11. The number of methoxy groups -OCH3 is 2. The minimum absolute atomic E-state index is 0.0114. The largest absolute Gasteiger partial charge is 0.497 e. The number of ether oxygens (including phenoxy) is 2. The zero-order chi connectivity index (χ0) is 19.7. The highest BCUT2D eigenvalue weighted by atomic mass is 32.1. The van der Waals surface area contributed by atoms with Gasteiger partial charge >= 0.3 is 5.97 Å². The number of carbonyl (C=O) groups excluding carboxylic acids is 2. The summed E-state index contributed by atoms with van der Waals surface area (Å²) in [6, 6.07) is 15.1. The van der Waals surface area contributed by atoms with Crippen LogP contribution in [0, 0.1) is 0 Å². The van der Waals surface area contributed by atoms with Crippen molar-refractivity contribution in [2.24, 2.45) is 0 Å². The molecular formula is C22H19NO4S. The van der Waals surface area contributed by atoms with E-state index in [9.17, 15) is 9.59 Å². The molecule has 1 atom stereocenters. The first kappa shape index (κ1) is 18.3. The van der Waals surface area contributed by atoms with E-state index in [4.69, 9.17) is 9.47 Å². The highest BCUT2D eigenvalue weighted by Gasteiger charge is 2.30. The van der Waals surface area contributed by atoms with E-state index in [2.05, 4.69) is 10.7 Å². The van der Waals surface area contributed by atoms with Gasteiger partial charge < -0.3 is 14.8 Å². The number of nitrogens with one attached hydrogen (secondary N) is 1. The molecule has 0 spiro atoms. The Hall–Kier alpha value is -3.12. The van der Waals surface area contributed by atoms with Gasteiger partial charge in [-0.15, -0.1) is 11.3 Å². The number of rotatable bonds is 4. The molecule has 0 saturated heterocycles. The number of benzene rings is 2. The highest BCUT2D eigenvalue weighted by Crippen LogP contribution is 2.46. The Morgan fingerprint density at radius 3 is 2.43 bits per heavy atom. The summed E-state index contributed by atoms with van der Waals surface area (Å²) in [5.41, 5.74) is 4.41. The first-order valence-corrected chi connectivity index (χ1v) is 9.72. The molecule has 1 aromatic heterocycles. The van der Waals surface area contributed by atoms with Gasteiger partial charge in [0, 0.05) is 28.2 Å². The average molecular weight is 393 g/mol. The van der Waals surface area contributed by atoms with Crippen LogP contribution in [-0.2, 0) is 9.53 Å². The number of esters is 1. The Kier molecular flexibility index (Phi) is 4.88. The third kappa shape index (κ3) is 3.27. The van der Waals surface area contributed by atoms with E-state index in [1.54, 1.807) is 30.6 Å². The van der Waals surface area contributed by atoms with Crippen LogP contribution >= 0.6 is 11.3 Å². The molecule has 1 N–H and O–H groups in total. The zero-order valence-corrected chi connectivity index (χ0v) is 16.3. The van der Waals surface area contributed by atoms with E-state index in [0.717, 1.165) is 33.0 Å². The van der Waals surface area contributed by atoms with Crippen LogP contribution in [0.4, 0.5) is 5.69 Å². The summed E-state index contributed by atoms with van der Waals surface area (Å²) >= 11 is 1.64. The van der Waals surface area contributed by atoms with Crippen LogP contribution in [0.2, 0.25) is 0 Å². The van der Waals surface area contributed by atoms with Gasteiger partial charge in [-0.05, 0) is 35.4 Å². The molecule has 0 radical (unpaired) electrons. The maximum absolute atomic E-state index is 12.4. The summed E-state index contributed by atoms with van der Waals surface area (Å²) < 4.78 is 9.98. The minimum atomic E-state index is -0.369. The van der Waals surface area contributed by atoms with Crippen molar-refractivity contribution in [1.29, 1.82) is 0 Å². The molecule has 0 aliphatic carbocycles. The van der Waals surface area contributed by atoms with E-state index >= 15 is 0 Å². The lowest BCUT2D eigenvalue weighted by Gasteiger charge is -2.24. The molecule has 0 saturated carbocycles. The van der Waals surface area contributed by atoms with Gasteiger partial charge in [0.25, 0.3) is 0 Å². The summed E-state index contributed by atoms with van der Waals surface area (Å²) in [6.45, 7) is 0. The predicted octanol–water partition coefficient (Wildman–Crippen LogP) is 4.68. The quantitative estimate of drug-likeness (QED) is 0.654. The van der Waals surface area contributed by atoms with Gasteiger partial charge in [-0.3, -0.25) is 4.79 Å². The van der Waals surface area contributed by atoms with E-state index in [0.29, 0.717) is 12.0 Å². The fraction of sp³-hybridized carbons (Fsp3) is 0.182. The summed E-state index contributed by atoms with van der Waals surface area (Å²) in [7, 11) is 3.00. The summed E-state index contributed by atoms with van der Waals surface area (Å²) in [4.78, 5) is 25.2. The Bertz CT molecular complexity index is 1020. The van der Waals surface area contributed by atoms with Gasteiger partial charge in [0.05, 0.1) is 25.5 Å². The first-order valence-electron chi connectivity index (χ1n) is 8.84. The van der Waals surface area contributed by atoms with Crippen molar-refractivity contribution in [3.63, 3.8) is 0 Å². The van der Waals surface area contributed by atoms with Crippen molar-refractivity contribution in [3.05, 3.63) is 69.9 Å². The van der Waals surface area contributed by atoms with Crippen LogP contribution < -0.4 is 10.1 Å². The number of thiophene rings is 1. The fourth-order valence-corrected chi connectivity index (χ4v) is 4.61. The predicted molar refractivity (Wildman–Crippen MR) is 109 cm³/mol. The average Bonchev–Trinajstić information content (AvgIpc) is 3.16. The second-order valence-electron chi connectivity index (χ2n) is 6.54. The van der Waals surface area contributed by atoms with E-state index in [1.807, 2.05) is 36.4 Å². The number of hydrogen-bond donors (Lipinski definition) is 1. The zero-order valence-electron chi connectivity index (χ0n) is 15.5. The van der Waals surface area contributed by atoms with Crippen molar-refractivity contribution in [2.45, 2.75) is 12.3 Å². The molecule has 4 rings (SSSR count). The molecule has 2 aromatic carbocycles. The number of anilines is 1. The Morgan fingerprint density at radius 1 is 1.07 bits per heavy atom. The molecule has 1 aliphatic rings. The summed E-state index contributed by atoms with van der Waals surface area (Å²) in [6.07, 6.45) is 0.382. The molecule has 0 bridgehead atoms. The van der Waals surface area contributed by atoms with E-state index in [1.165, 1.54) is 7.11 Å². The van der Waals surface area contributed by atoms with Gasteiger partial charge in [0.1, 0.15) is 5.75 Å². The van der Waals surface area contributed by atoms with Crippen molar-refractivity contribution in [1.82, 2.24) is 0 Å². The van der Waals surface area contributed by atoms with Crippen molar-refractivity contribution < 1.29 is 19.1 Å². The molecule has 1 unspecified atom stereocenters. The van der Waals surface area contributed by atoms with Crippen LogP contribution in [0.5, 0.6) is 5.75 Å². The molecule has 2 heterocycles. The van der Waals surface area contributed by atoms with Crippen LogP contribution in [0.25, 0.3) is 11.1 Å². The van der Waals surface area contributed by atoms with Crippen LogP contribution in [0.15, 0.2) is 53.9 Å². The van der Waals surface area contributed by atoms with Gasteiger partial charge in [-0.2, -0.15) is 0 Å². The molecule has 5 nitrogen and oxygen atoms in total. The molecule has 6 heteroatoms. The van der Waals surface area contributed by atoms with E-state index < -0.39 is 0 Å². The molecule has 0 fully saturated rings. The first-order chi connectivity index (χ1) is 13.6. The summed E-state index contributed by atoms with van der Waals surface area (Å²) in [5.74, 6) is 0.377. The fourth-order valence-electron chi connectivity index (χ4n) is 3.45. The second-order valence-corrected chi connectivity index (χ2v) is 7.45. The number of carbonyl (C=O) groups is 2. The molecular weight excluding hydrogens is 374 g/mol. The SMILES string of the molecule is COC(=O)c1ccc(C2CC(=O)Nc3c(-c4ccc(OC)cc4)csc32)cc1. The number of fused-ring (bicyclic) bond motifs is 1.